The maximum atomic E-state index is 6.33. The molecule has 0 heterocycles. The first-order chi connectivity index (χ1) is 26.7. The lowest BCUT2D eigenvalue weighted by Crippen LogP contribution is -2.27. The highest BCUT2D eigenvalue weighted by atomic mass is 16.5. The molecule has 54 heavy (non-hydrogen) atoms. The number of ether oxygens (including phenoxy) is 2. The van der Waals surface area contributed by atoms with Gasteiger partial charge in [0.15, 0.2) is 0 Å². The Kier molecular flexibility index (Phi) is 32.0. The molecule has 2 rings (SSSR count). The van der Waals surface area contributed by atoms with Crippen LogP contribution in [-0.4, -0.2) is 62.3 Å². The minimum atomic E-state index is 0.664. The molecule has 0 radical (unpaired) electrons. The zero-order chi connectivity index (χ0) is 38.6. The molecule has 0 N–H and O–H groups in total. The van der Waals surface area contributed by atoms with Crippen molar-refractivity contribution >= 4 is 0 Å². The van der Waals surface area contributed by atoms with Crippen molar-refractivity contribution in [3.05, 3.63) is 59.7 Å². The van der Waals surface area contributed by atoms with Crippen molar-refractivity contribution in [1.82, 2.24) is 9.80 Å². The standard InChI is InChI=1S/C50H88N2O2/c1-5-9-13-17-25-37-51(38-26-18-14-10-6-2)41-29-31-43-53-45-47-33-21-23-35-49(47)50-36-24-22-34-48(50)46-54-44-32-30-42-52(39-27-19-15-11-7-3)40-28-20-16-12-8-4/h21-24,33-36H,5-20,25-32,37-46H2,1-4H3. The van der Waals surface area contributed by atoms with Gasteiger partial charge in [-0.25, -0.2) is 0 Å². The summed E-state index contributed by atoms with van der Waals surface area (Å²) < 4.78 is 12.7. The maximum absolute atomic E-state index is 6.33. The fourth-order valence-electron chi connectivity index (χ4n) is 7.69. The molecule has 0 fully saturated rings. The van der Waals surface area contributed by atoms with Crippen molar-refractivity contribution in [2.45, 2.75) is 195 Å². The molecular weight excluding hydrogens is 661 g/mol. The van der Waals surface area contributed by atoms with E-state index in [0.29, 0.717) is 13.2 Å². The molecule has 0 spiro atoms. The van der Waals surface area contributed by atoms with Crippen LogP contribution < -0.4 is 0 Å². The van der Waals surface area contributed by atoms with Crippen LogP contribution in [0.5, 0.6) is 0 Å². The minimum absolute atomic E-state index is 0.664. The first kappa shape index (κ1) is 48.4. The highest BCUT2D eigenvalue weighted by molar-refractivity contribution is 5.70. The Morgan fingerprint density at radius 1 is 0.333 bits per heavy atom. The monoisotopic (exact) mass is 749 g/mol. The summed E-state index contributed by atoms with van der Waals surface area (Å²) in [5.41, 5.74) is 5.11. The molecule has 2 aromatic carbocycles. The molecule has 0 aliphatic rings. The summed E-state index contributed by atoms with van der Waals surface area (Å²) in [5.74, 6) is 0. The fourth-order valence-corrected chi connectivity index (χ4v) is 7.69. The molecule has 310 valence electrons. The fraction of sp³-hybridized carbons (Fsp3) is 0.760. The number of hydrogen-bond donors (Lipinski definition) is 0. The SMILES string of the molecule is CCCCCCCN(CCCCCCC)CCCCOCc1ccccc1-c1ccccc1COCCCCN(CCCCCCC)CCCCCCC. The van der Waals surface area contributed by atoms with Gasteiger partial charge in [-0.1, -0.05) is 179 Å². The van der Waals surface area contributed by atoms with E-state index in [4.69, 9.17) is 9.47 Å². The summed E-state index contributed by atoms with van der Waals surface area (Å²) in [4.78, 5) is 5.49. The van der Waals surface area contributed by atoms with Crippen molar-refractivity contribution in [3.8, 4) is 11.1 Å². The number of rotatable bonds is 39. The molecule has 0 aliphatic carbocycles. The molecule has 0 atom stereocenters. The first-order valence-electron chi connectivity index (χ1n) is 23.5. The van der Waals surface area contributed by atoms with Gasteiger partial charge in [0.25, 0.3) is 0 Å². The summed E-state index contributed by atoms with van der Waals surface area (Å²) >= 11 is 0. The Morgan fingerprint density at radius 2 is 0.611 bits per heavy atom. The van der Waals surface area contributed by atoms with E-state index in [1.54, 1.807) is 0 Å². The Morgan fingerprint density at radius 3 is 0.926 bits per heavy atom. The molecule has 0 aromatic heterocycles. The highest BCUT2D eigenvalue weighted by Crippen LogP contribution is 2.28. The third-order valence-electron chi connectivity index (χ3n) is 11.2. The Labute approximate surface area is 336 Å². The lowest BCUT2D eigenvalue weighted by atomic mass is 9.96. The molecule has 0 saturated carbocycles. The summed E-state index contributed by atoms with van der Waals surface area (Å²) in [6.45, 7) is 19.7. The number of nitrogens with zero attached hydrogens (tertiary/aromatic N) is 2. The minimum Gasteiger partial charge on any atom is -0.377 e. The van der Waals surface area contributed by atoms with Crippen molar-refractivity contribution < 1.29 is 9.47 Å². The molecule has 4 heteroatoms. The van der Waals surface area contributed by atoms with Crippen LogP contribution in [0.2, 0.25) is 0 Å². The van der Waals surface area contributed by atoms with E-state index in [1.165, 1.54) is 203 Å². The largest absolute Gasteiger partial charge is 0.377 e. The molecule has 0 aliphatic heterocycles. The molecule has 2 aromatic rings. The third-order valence-corrected chi connectivity index (χ3v) is 11.2. The predicted octanol–water partition coefficient (Wildman–Crippen LogP) is 14.4. The van der Waals surface area contributed by atoms with Crippen LogP contribution in [-0.2, 0) is 22.7 Å². The molecule has 4 nitrogen and oxygen atoms in total. The zero-order valence-corrected chi connectivity index (χ0v) is 36.4. The van der Waals surface area contributed by atoms with Gasteiger partial charge < -0.3 is 19.3 Å². The lowest BCUT2D eigenvalue weighted by Gasteiger charge is -2.22. The molecule has 0 unspecified atom stereocenters. The van der Waals surface area contributed by atoms with Gasteiger partial charge in [-0.3, -0.25) is 0 Å². The van der Waals surface area contributed by atoms with Gasteiger partial charge in [0.2, 0.25) is 0 Å². The normalized spacial score (nSPS) is 11.7. The van der Waals surface area contributed by atoms with Crippen molar-refractivity contribution in [2.75, 3.05) is 52.5 Å². The Bertz CT molecular complexity index is 976. The van der Waals surface area contributed by atoms with E-state index in [0.717, 1.165) is 26.1 Å². The second-order valence-corrected chi connectivity index (χ2v) is 16.2. The van der Waals surface area contributed by atoms with Crippen LogP contribution in [0.15, 0.2) is 48.5 Å². The lowest BCUT2D eigenvalue weighted by molar-refractivity contribution is 0.113. The zero-order valence-electron chi connectivity index (χ0n) is 36.4. The predicted molar refractivity (Wildman–Crippen MR) is 238 cm³/mol. The smallest absolute Gasteiger partial charge is 0.0722 e. The number of benzene rings is 2. The summed E-state index contributed by atoms with van der Waals surface area (Å²) in [5, 5.41) is 0. The topological polar surface area (TPSA) is 24.9 Å². The van der Waals surface area contributed by atoms with Gasteiger partial charge in [-0.2, -0.15) is 0 Å². The van der Waals surface area contributed by atoms with Gasteiger partial charge >= 0.3 is 0 Å². The van der Waals surface area contributed by atoms with E-state index in [-0.39, 0.29) is 0 Å². The van der Waals surface area contributed by atoms with Crippen LogP contribution in [0.25, 0.3) is 11.1 Å². The Balaban J connectivity index is 1.78. The van der Waals surface area contributed by atoms with Crippen LogP contribution in [0.1, 0.15) is 193 Å². The van der Waals surface area contributed by atoms with Gasteiger partial charge in [-0.15, -0.1) is 0 Å². The van der Waals surface area contributed by atoms with E-state index in [9.17, 15) is 0 Å². The van der Waals surface area contributed by atoms with Crippen LogP contribution in [0.4, 0.5) is 0 Å². The molecular formula is C50H88N2O2. The van der Waals surface area contributed by atoms with E-state index in [2.05, 4.69) is 86.0 Å². The van der Waals surface area contributed by atoms with Crippen LogP contribution >= 0.6 is 0 Å². The van der Waals surface area contributed by atoms with Gasteiger partial charge in [0.1, 0.15) is 0 Å². The Hall–Kier alpha value is -1.72. The first-order valence-corrected chi connectivity index (χ1v) is 23.5. The third kappa shape index (κ3) is 24.7. The van der Waals surface area contributed by atoms with Gasteiger partial charge in [0.05, 0.1) is 13.2 Å². The number of unbranched alkanes of at least 4 members (excludes halogenated alkanes) is 18. The average molecular weight is 749 g/mol. The van der Waals surface area contributed by atoms with E-state index >= 15 is 0 Å². The number of hydrogen-bond acceptors (Lipinski definition) is 4. The highest BCUT2D eigenvalue weighted by Gasteiger charge is 2.11. The summed E-state index contributed by atoms with van der Waals surface area (Å²) in [6.07, 6.45) is 32.1. The quantitative estimate of drug-likeness (QED) is 0.0636. The molecule has 0 saturated heterocycles. The molecule has 0 bridgehead atoms. The van der Waals surface area contributed by atoms with E-state index in [1.807, 2.05) is 0 Å². The van der Waals surface area contributed by atoms with Crippen molar-refractivity contribution in [2.24, 2.45) is 0 Å². The summed E-state index contributed by atoms with van der Waals surface area (Å²) in [7, 11) is 0. The van der Waals surface area contributed by atoms with Crippen molar-refractivity contribution in [3.63, 3.8) is 0 Å². The summed E-state index contributed by atoms with van der Waals surface area (Å²) in [6, 6.07) is 17.6. The molecule has 0 amide bonds. The van der Waals surface area contributed by atoms with Crippen LogP contribution in [0.3, 0.4) is 0 Å². The second kappa shape index (κ2) is 35.7. The van der Waals surface area contributed by atoms with Crippen LogP contribution in [0, 0.1) is 0 Å². The maximum Gasteiger partial charge on any atom is 0.0722 e. The second-order valence-electron chi connectivity index (χ2n) is 16.2. The van der Waals surface area contributed by atoms with Crippen molar-refractivity contribution in [1.29, 1.82) is 0 Å². The van der Waals surface area contributed by atoms with E-state index < -0.39 is 0 Å². The van der Waals surface area contributed by atoms with Gasteiger partial charge in [-0.05, 0) is 113 Å². The average Bonchev–Trinajstić information content (AvgIpc) is 3.19. The van der Waals surface area contributed by atoms with Gasteiger partial charge in [0, 0.05) is 13.2 Å².